The molecule has 0 saturated heterocycles. The molecule has 0 saturated carbocycles. The van der Waals surface area contributed by atoms with Crippen molar-refractivity contribution >= 4 is 28.7 Å². The highest BCUT2D eigenvalue weighted by Crippen LogP contribution is 2.16. The van der Waals surface area contributed by atoms with Crippen LogP contribution in [0, 0.1) is 6.92 Å². The fraction of sp³-hybridized carbons (Fsp3) is 0.500. The first-order chi connectivity index (χ1) is 10.6. The van der Waals surface area contributed by atoms with Gasteiger partial charge in [-0.15, -0.1) is 22.7 Å². The highest BCUT2D eigenvalue weighted by Gasteiger charge is 2.19. The Balaban J connectivity index is 2.00. The molecule has 0 aliphatic rings. The quantitative estimate of drug-likeness (QED) is 0.841. The maximum atomic E-state index is 12.5. The lowest BCUT2D eigenvalue weighted by atomic mass is 10.2. The largest absolute Gasteiger partial charge is 0.383 e. The zero-order valence-corrected chi connectivity index (χ0v) is 14.5. The highest BCUT2D eigenvalue weighted by molar-refractivity contribution is 7.09. The van der Waals surface area contributed by atoms with Crippen LogP contribution in [0.4, 0.5) is 4.79 Å². The summed E-state index contributed by atoms with van der Waals surface area (Å²) in [5, 5.41) is 4.93. The van der Waals surface area contributed by atoms with Crippen LogP contribution in [-0.2, 0) is 11.3 Å². The van der Waals surface area contributed by atoms with Gasteiger partial charge in [0, 0.05) is 23.9 Å². The van der Waals surface area contributed by atoms with Crippen LogP contribution in [0.1, 0.15) is 29.2 Å². The minimum absolute atomic E-state index is 0.119. The van der Waals surface area contributed by atoms with Crippen molar-refractivity contribution < 1.29 is 9.53 Å². The number of nitrogens with zero attached hydrogens (tertiary/aromatic N) is 3. The molecule has 2 rings (SSSR count). The van der Waals surface area contributed by atoms with Crippen LogP contribution in [-0.4, -0.2) is 41.2 Å². The lowest BCUT2D eigenvalue weighted by Crippen LogP contribution is -2.42. The summed E-state index contributed by atoms with van der Waals surface area (Å²) in [6, 6.07) is -0.239. The maximum Gasteiger partial charge on any atom is 0.318 e. The minimum Gasteiger partial charge on any atom is -0.383 e. The summed E-state index contributed by atoms with van der Waals surface area (Å²) >= 11 is 3.08. The molecule has 2 aromatic rings. The molecular weight excluding hydrogens is 320 g/mol. The average Bonchev–Trinajstić information content (AvgIpc) is 3.15. The molecule has 1 atom stereocenters. The van der Waals surface area contributed by atoms with Crippen LogP contribution in [0.3, 0.4) is 0 Å². The number of nitrogens with one attached hydrogen (secondary N) is 1. The number of aromatic nitrogens is 2. The number of thiazole rings is 2. The van der Waals surface area contributed by atoms with Crippen LogP contribution in [0.15, 0.2) is 16.4 Å². The van der Waals surface area contributed by atoms with Crippen LogP contribution >= 0.6 is 22.7 Å². The van der Waals surface area contributed by atoms with E-state index in [0.29, 0.717) is 19.7 Å². The summed E-state index contributed by atoms with van der Waals surface area (Å²) < 4.78 is 5.10. The Morgan fingerprint density at radius 3 is 2.86 bits per heavy atom. The molecule has 120 valence electrons. The van der Waals surface area contributed by atoms with Gasteiger partial charge < -0.3 is 15.0 Å². The smallest absolute Gasteiger partial charge is 0.318 e. The second kappa shape index (κ2) is 8.21. The predicted molar refractivity (Wildman–Crippen MR) is 88.2 cm³/mol. The third-order valence-corrected chi connectivity index (χ3v) is 4.79. The van der Waals surface area contributed by atoms with Gasteiger partial charge >= 0.3 is 6.03 Å². The summed E-state index contributed by atoms with van der Waals surface area (Å²) in [7, 11) is 1.63. The Morgan fingerprint density at radius 1 is 1.45 bits per heavy atom. The van der Waals surface area contributed by atoms with Gasteiger partial charge in [0.1, 0.15) is 0 Å². The van der Waals surface area contributed by atoms with Crippen LogP contribution in [0.2, 0.25) is 0 Å². The normalized spacial score (nSPS) is 12.1. The molecule has 0 aromatic carbocycles. The van der Waals surface area contributed by atoms with Gasteiger partial charge in [-0.2, -0.15) is 0 Å². The molecule has 8 heteroatoms. The van der Waals surface area contributed by atoms with Crippen molar-refractivity contribution in [2.24, 2.45) is 0 Å². The highest BCUT2D eigenvalue weighted by atomic mass is 32.1. The zero-order valence-electron chi connectivity index (χ0n) is 12.9. The summed E-state index contributed by atoms with van der Waals surface area (Å²) in [5.74, 6) is 0. The van der Waals surface area contributed by atoms with Crippen molar-refractivity contribution in [1.29, 1.82) is 0 Å². The van der Waals surface area contributed by atoms with Gasteiger partial charge in [0.05, 0.1) is 41.6 Å². The molecule has 0 aliphatic heterocycles. The van der Waals surface area contributed by atoms with E-state index in [2.05, 4.69) is 15.3 Å². The summed E-state index contributed by atoms with van der Waals surface area (Å²) in [6.07, 6.45) is 0. The second-order valence-corrected chi connectivity index (χ2v) is 6.52. The molecule has 1 N–H and O–H groups in total. The second-order valence-electron chi connectivity index (χ2n) is 4.86. The van der Waals surface area contributed by atoms with Crippen molar-refractivity contribution in [2.75, 3.05) is 20.3 Å². The van der Waals surface area contributed by atoms with Gasteiger partial charge in [0.2, 0.25) is 0 Å². The van der Waals surface area contributed by atoms with Gasteiger partial charge in [-0.25, -0.2) is 14.8 Å². The number of hydrogen-bond donors (Lipinski definition) is 1. The Hall–Kier alpha value is -1.51. The van der Waals surface area contributed by atoms with Crippen molar-refractivity contribution in [3.05, 3.63) is 32.7 Å². The molecular formula is C14H20N4O2S2. The van der Waals surface area contributed by atoms with Crippen LogP contribution < -0.4 is 5.32 Å². The van der Waals surface area contributed by atoms with Crippen molar-refractivity contribution in [3.63, 3.8) is 0 Å². The molecule has 1 unspecified atom stereocenters. The molecule has 0 fully saturated rings. The van der Waals surface area contributed by atoms with Gasteiger partial charge in [-0.05, 0) is 13.8 Å². The Labute approximate surface area is 138 Å². The topological polar surface area (TPSA) is 67.3 Å². The molecule has 22 heavy (non-hydrogen) atoms. The fourth-order valence-corrected chi connectivity index (χ4v) is 3.33. The number of carbonyl (C=O) groups excluding carboxylic acids is 1. The van der Waals surface area contributed by atoms with E-state index in [4.69, 9.17) is 4.74 Å². The van der Waals surface area contributed by atoms with E-state index < -0.39 is 0 Å². The first kappa shape index (κ1) is 16.9. The van der Waals surface area contributed by atoms with E-state index in [-0.39, 0.29) is 12.1 Å². The number of aryl methyl sites for hydroxylation is 1. The van der Waals surface area contributed by atoms with Gasteiger partial charge in [0.15, 0.2) is 0 Å². The van der Waals surface area contributed by atoms with E-state index in [0.717, 1.165) is 16.3 Å². The van der Waals surface area contributed by atoms with Gasteiger partial charge in [0.25, 0.3) is 0 Å². The number of ether oxygens (including phenoxy) is 1. The third kappa shape index (κ3) is 4.49. The van der Waals surface area contributed by atoms with Crippen molar-refractivity contribution in [1.82, 2.24) is 20.2 Å². The molecule has 0 aliphatic carbocycles. The monoisotopic (exact) mass is 340 g/mol. The summed E-state index contributed by atoms with van der Waals surface area (Å²) in [6.45, 7) is 5.45. The predicted octanol–water partition coefficient (Wildman–Crippen LogP) is 2.83. The molecule has 0 bridgehead atoms. The van der Waals surface area contributed by atoms with E-state index in [1.165, 1.54) is 11.3 Å². The standard InChI is InChI=1S/C14H20N4O2S2/c1-10(12-7-21-8-16-12)17-14(19)18(4-5-20-3)6-13-11(2)15-9-22-13/h7-10H,4-6H2,1-3H3,(H,17,19). The van der Waals surface area contributed by atoms with Crippen LogP contribution in [0.5, 0.6) is 0 Å². The molecule has 6 nitrogen and oxygen atoms in total. The lowest BCUT2D eigenvalue weighted by Gasteiger charge is -2.24. The van der Waals surface area contributed by atoms with E-state index in [1.54, 1.807) is 34.4 Å². The van der Waals surface area contributed by atoms with Crippen molar-refractivity contribution in [3.8, 4) is 0 Å². The molecule has 2 heterocycles. The number of carbonyl (C=O) groups is 1. The molecule has 0 radical (unpaired) electrons. The Morgan fingerprint density at radius 2 is 2.27 bits per heavy atom. The third-order valence-electron chi connectivity index (χ3n) is 3.27. The van der Waals surface area contributed by atoms with Gasteiger partial charge in [-0.3, -0.25) is 0 Å². The number of hydrogen-bond acceptors (Lipinski definition) is 6. The van der Waals surface area contributed by atoms with E-state index >= 15 is 0 Å². The van der Waals surface area contributed by atoms with E-state index in [9.17, 15) is 4.79 Å². The molecule has 0 spiro atoms. The number of methoxy groups -OCH3 is 1. The van der Waals surface area contributed by atoms with Crippen molar-refractivity contribution in [2.45, 2.75) is 26.4 Å². The Kier molecular flexibility index (Phi) is 6.29. The Bertz CT molecular complexity index is 585. The average molecular weight is 340 g/mol. The first-order valence-electron chi connectivity index (χ1n) is 6.93. The number of rotatable bonds is 7. The maximum absolute atomic E-state index is 12.5. The first-order valence-corrected chi connectivity index (χ1v) is 8.75. The van der Waals surface area contributed by atoms with Gasteiger partial charge in [-0.1, -0.05) is 0 Å². The zero-order chi connectivity index (χ0) is 15.9. The van der Waals surface area contributed by atoms with Crippen LogP contribution in [0.25, 0.3) is 0 Å². The molecule has 2 aromatic heterocycles. The molecule has 2 amide bonds. The van der Waals surface area contributed by atoms with E-state index in [1.807, 2.05) is 19.2 Å². The SMILES string of the molecule is COCCN(Cc1scnc1C)C(=O)NC(C)c1cscn1. The summed E-state index contributed by atoms with van der Waals surface area (Å²) in [5.41, 5.74) is 5.41. The number of amides is 2. The lowest BCUT2D eigenvalue weighted by molar-refractivity contribution is 0.145. The summed E-state index contributed by atoms with van der Waals surface area (Å²) in [4.78, 5) is 23.8. The fourth-order valence-electron chi connectivity index (χ4n) is 1.89. The number of urea groups is 1. The minimum atomic E-state index is -0.120.